The molecule has 2 aromatic heterocycles. The van der Waals surface area contributed by atoms with Gasteiger partial charge in [-0.3, -0.25) is 0 Å². The van der Waals surface area contributed by atoms with Gasteiger partial charge in [0.25, 0.3) is 0 Å². The lowest BCUT2D eigenvalue weighted by molar-refractivity contribution is -0.0338. The number of benzene rings is 2. The highest BCUT2D eigenvalue weighted by Gasteiger charge is 2.42. The van der Waals surface area contributed by atoms with E-state index in [2.05, 4.69) is 10.1 Å². The standard InChI is InChI=1S/C31H31Cl2N3O4S/c1-38-30(37)18-11-12-23-26(15-18)41-31(34-23)36-14-13-25(19-5-2-3-8-24(19)36)39-16-20-28(35-40-29(20)17-9-10-17)27-21(32)6-4-7-22(27)33/h4,6-7,11-12,15,17,19,24-25H,2-3,5,8-10,13-14,16H2,1H3. The van der Waals surface area contributed by atoms with Gasteiger partial charge in [-0.15, -0.1) is 0 Å². The summed E-state index contributed by atoms with van der Waals surface area (Å²) in [4.78, 5) is 19.5. The Bertz CT molecular complexity index is 1580. The highest BCUT2D eigenvalue weighted by Crippen LogP contribution is 2.47. The molecule has 41 heavy (non-hydrogen) atoms. The zero-order valence-corrected chi connectivity index (χ0v) is 25.1. The first-order chi connectivity index (χ1) is 20.0. The number of aromatic nitrogens is 2. The maximum atomic E-state index is 12.0. The van der Waals surface area contributed by atoms with Crippen LogP contribution in [-0.4, -0.2) is 41.9 Å². The van der Waals surface area contributed by atoms with Gasteiger partial charge in [-0.25, -0.2) is 9.78 Å². The monoisotopic (exact) mass is 611 g/mol. The molecule has 10 heteroatoms. The van der Waals surface area contributed by atoms with E-state index in [1.165, 1.54) is 20.0 Å². The molecule has 0 radical (unpaired) electrons. The van der Waals surface area contributed by atoms with Gasteiger partial charge in [0.15, 0.2) is 5.13 Å². The van der Waals surface area contributed by atoms with Gasteiger partial charge in [0.1, 0.15) is 11.5 Å². The third kappa shape index (κ3) is 5.13. The molecule has 3 unspecified atom stereocenters. The number of nitrogens with zero attached hydrogens (tertiary/aromatic N) is 3. The van der Waals surface area contributed by atoms with Crippen LogP contribution in [-0.2, 0) is 16.1 Å². The number of hydrogen-bond donors (Lipinski definition) is 0. The van der Waals surface area contributed by atoms with E-state index in [1.807, 2.05) is 30.3 Å². The smallest absolute Gasteiger partial charge is 0.337 e. The highest BCUT2D eigenvalue weighted by atomic mass is 35.5. The molecular weight excluding hydrogens is 581 g/mol. The largest absolute Gasteiger partial charge is 0.465 e. The number of halogens is 2. The van der Waals surface area contributed by atoms with Crippen molar-refractivity contribution >= 4 is 55.9 Å². The Morgan fingerprint density at radius 3 is 2.68 bits per heavy atom. The van der Waals surface area contributed by atoms with Crippen LogP contribution >= 0.6 is 34.5 Å². The predicted molar refractivity (Wildman–Crippen MR) is 161 cm³/mol. The van der Waals surface area contributed by atoms with Crippen LogP contribution in [0.25, 0.3) is 21.5 Å². The number of carbonyl (C=O) groups excluding carboxylic acids is 1. The lowest BCUT2D eigenvalue weighted by Gasteiger charge is -2.47. The number of esters is 1. The van der Waals surface area contributed by atoms with Crippen LogP contribution in [0.4, 0.5) is 5.13 Å². The van der Waals surface area contributed by atoms with Gasteiger partial charge in [-0.1, -0.05) is 58.6 Å². The second-order valence-corrected chi connectivity index (χ2v) is 13.1. The molecular formula is C31H31Cl2N3O4S. The number of fused-ring (bicyclic) bond motifs is 2. The molecule has 4 aromatic rings. The Morgan fingerprint density at radius 2 is 1.90 bits per heavy atom. The van der Waals surface area contributed by atoms with Crippen molar-refractivity contribution in [3.63, 3.8) is 0 Å². The molecule has 2 aromatic carbocycles. The highest BCUT2D eigenvalue weighted by molar-refractivity contribution is 7.22. The summed E-state index contributed by atoms with van der Waals surface area (Å²) in [5, 5.41) is 6.58. The van der Waals surface area contributed by atoms with Gasteiger partial charge < -0.3 is 18.9 Å². The minimum absolute atomic E-state index is 0.133. The number of carbonyl (C=O) groups is 1. The quantitative estimate of drug-likeness (QED) is 0.194. The fourth-order valence-corrected chi connectivity index (χ4v) is 8.24. The van der Waals surface area contributed by atoms with Crippen LogP contribution in [0.5, 0.6) is 0 Å². The lowest BCUT2D eigenvalue weighted by atomic mass is 9.76. The minimum Gasteiger partial charge on any atom is -0.465 e. The van der Waals surface area contributed by atoms with Crippen LogP contribution in [0.3, 0.4) is 0 Å². The predicted octanol–water partition coefficient (Wildman–Crippen LogP) is 8.28. The molecule has 2 aliphatic carbocycles. The summed E-state index contributed by atoms with van der Waals surface area (Å²) < 4.78 is 18.6. The SMILES string of the molecule is COC(=O)c1ccc2nc(N3CCC(OCc4c(-c5c(Cl)cccc5Cl)noc4C4CC4)C4CCCCC43)sc2c1. The third-order valence-corrected chi connectivity index (χ3v) is 10.5. The van der Waals surface area contributed by atoms with Crippen molar-refractivity contribution in [2.24, 2.45) is 5.92 Å². The maximum absolute atomic E-state index is 12.0. The van der Waals surface area contributed by atoms with Gasteiger partial charge in [0.2, 0.25) is 0 Å². The van der Waals surface area contributed by atoms with Crippen LogP contribution in [0.1, 0.15) is 72.5 Å². The van der Waals surface area contributed by atoms with Gasteiger partial charge in [-0.05, 0) is 62.4 Å². The number of thiazole rings is 1. The summed E-state index contributed by atoms with van der Waals surface area (Å²) in [5.74, 6) is 1.38. The maximum Gasteiger partial charge on any atom is 0.337 e. The summed E-state index contributed by atoms with van der Waals surface area (Å²) in [5.41, 5.74) is 3.84. The molecule has 3 aliphatic rings. The molecule has 0 N–H and O–H groups in total. The molecule has 1 saturated heterocycles. The number of rotatable bonds is 7. The van der Waals surface area contributed by atoms with E-state index >= 15 is 0 Å². The molecule has 0 bridgehead atoms. The molecule has 1 aliphatic heterocycles. The first-order valence-corrected chi connectivity index (χ1v) is 15.9. The Kier molecular flexibility index (Phi) is 7.44. The Hall–Kier alpha value is -2.65. The molecule has 2 saturated carbocycles. The number of methoxy groups -OCH3 is 1. The Morgan fingerprint density at radius 1 is 1.10 bits per heavy atom. The van der Waals surface area contributed by atoms with Crippen molar-refractivity contribution in [3.8, 4) is 11.3 Å². The van der Waals surface area contributed by atoms with E-state index in [0.29, 0.717) is 51.4 Å². The normalized spacial score (nSPS) is 22.6. The first-order valence-electron chi connectivity index (χ1n) is 14.3. The van der Waals surface area contributed by atoms with Crippen molar-refractivity contribution < 1.29 is 18.8 Å². The first kappa shape index (κ1) is 27.2. The number of ether oxygens (including phenoxy) is 2. The van der Waals surface area contributed by atoms with Crippen LogP contribution < -0.4 is 4.90 Å². The van der Waals surface area contributed by atoms with Crippen molar-refractivity contribution in [1.82, 2.24) is 10.1 Å². The van der Waals surface area contributed by atoms with Crippen LogP contribution in [0.15, 0.2) is 40.9 Å². The number of piperidine rings is 1. The molecule has 0 amide bonds. The van der Waals surface area contributed by atoms with Crippen molar-refractivity contribution in [2.45, 2.75) is 69.6 Å². The zero-order valence-electron chi connectivity index (χ0n) is 22.8. The fraction of sp³-hybridized carbons (Fsp3) is 0.452. The molecule has 3 fully saturated rings. The second-order valence-electron chi connectivity index (χ2n) is 11.3. The minimum atomic E-state index is -0.329. The Labute approximate surface area is 252 Å². The average Bonchev–Trinajstić information content (AvgIpc) is 3.61. The van der Waals surface area contributed by atoms with E-state index in [0.717, 1.165) is 65.3 Å². The van der Waals surface area contributed by atoms with E-state index < -0.39 is 0 Å². The molecule has 7 rings (SSSR count). The average molecular weight is 613 g/mol. The van der Waals surface area contributed by atoms with Crippen LogP contribution in [0, 0.1) is 5.92 Å². The van der Waals surface area contributed by atoms with Gasteiger partial charge in [0, 0.05) is 35.5 Å². The van der Waals surface area contributed by atoms with Crippen molar-refractivity contribution in [1.29, 1.82) is 0 Å². The summed E-state index contributed by atoms with van der Waals surface area (Å²) in [6.45, 7) is 1.30. The third-order valence-electron chi connectivity index (χ3n) is 8.77. The molecule has 214 valence electrons. The lowest BCUT2D eigenvalue weighted by Crippen LogP contribution is -2.53. The van der Waals surface area contributed by atoms with Gasteiger partial charge in [-0.2, -0.15) is 0 Å². The van der Waals surface area contributed by atoms with E-state index in [1.54, 1.807) is 17.4 Å². The summed E-state index contributed by atoms with van der Waals surface area (Å²) in [7, 11) is 1.41. The summed E-state index contributed by atoms with van der Waals surface area (Å²) in [6.07, 6.45) is 7.91. The van der Waals surface area contributed by atoms with E-state index in [9.17, 15) is 4.79 Å². The van der Waals surface area contributed by atoms with Gasteiger partial charge in [0.05, 0.1) is 45.6 Å². The molecule has 0 spiro atoms. The van der Waals surface area contributed by atoms with Crippen molar-refractivity contribution in [3.05, 3.63) is 63.3 Å². The molecule has 3 atom stereocenters. The topological polar surface area (TPSA) is 77.7 Å². The second kappa shape index (κ2) is 11.2. The van der Waals surface area contributed by atoms with Gasteiger partial charge >= 0.3 is 5.97 Å². The molecule has 3 heterocycles. The summed E-state index contributed by atoms with van der Waals surface area (Å²) in [6, 6.07) is 11.5. The number of hydrogen-bond acceptors (Lipinski definition) is 8. The fourth-order valence-electron chi connectivity index (χ4n) is 6.57. The molecule has 7 nitrogen and oxygen atoms in total. The number of anilines is 1. The van der Waals surface area contributed by atoms with E-state index in [4.69, 9.17) is 42.2 Å². The van der Waals surface area contributed by atoms with Crippen LogP contribution in [0.2, 0.25) is 10.0 Å². The van der Waals surface area contributed by atoms with E-state index in [-0.39, 0.29) is 12.1 Å². The zero-order chi connectivity index (χ0) is 28.1. The summed E-state index contributed by atoms with van der Waals surface area (Å²) >= 11 is 14.8. The Balaban J connectivity index is 1.13. The van der Waals surface area contributed by atoms with Crippen molar-refractivity contribution in [2.75, 3.05) is 18.6 Å².